The minimum absolute atomic E-state index is 0.783. The Morgan fingerprint density at radius 3 is 2.40 bits per heavy atom. The molecule has 0 spiro atoms. The van der Waals surface area contributed by atoms with Crippen molar-refractivity contribution in [2.24, 2.45) is 5.73 Å². The summed E-state index contributed by atoms with van der Waals surface area (Å²) in [6.07, 6.45) is 4.42. The summed E-state index contributed by atoms with van der Waals surface area (Å²) in [5.74, 6) is 0.972. The highest BCUT2D eigenvalue weighted by Crippen LogP contribution is 2.12. The molecule has 0 fully saturated rings. The molecule has 0 aromatic heterocycles. The smallest absolute Gasteiger partial charge is 0.119 e. The van der Waals surface area contributed by atoms with Gasteiger partial charge in [-0.05, 0) is 49.9 Å². The Morgan fingerprint density at radius 2 is 1.80 bits per heavy atom. The molecule has 2 heteroatoms. The fourth-order valence-electron chi connectivity index (χ4n) is 1.43. The predicted molar refractivity (Wildman–Crippen MR) is 64.2 cm³/mol. The van der Waals surface area contributed by atoms with Crippen molar-refractivity contribution < 1.29 is 4.74 Å². The molecule has 2 nitrogen and oxygen atoms in total. The van der Waals surface area contributed by atoms with E-state index in [-0.39, 0.29) is 0 Å². The van der Waals surface area contributed by atoms with Gasteiger partial charge in [-0.15, -0.1) is 0 Å². The van der Waals surface area contributed by atoms with Crippen LogP contribution >= 0.6 is 0 Å². The molecule has 1 rings (SSSR count). The summed E-state index contributed by atoms with van der Waals surface area (Å²) in [7, 11) is 0. The number of benzene rings is 1. The van der Waals surface area contributed by atoms with Crippen molar-refractivity contribution in [3.8, 4) is 5.75 Å². The van der Waals surface area contributed by atoms with Gasteiger partial charge in [0.2, 0.25) is 0 Å². The van der Waals surface area contributed by atoms with Gasteiger partial charge in [-0.3, -0.25) is 0 Å². The number of nitrogens with two attached hydrogens (primary N) is 1. The van der Waals surface area contributed by atoms with E-state index < -0.39 is 0 Å². The third-order valence-corrected chi connectivity index (χ3v) is 2.45. The molecule has 0 saturated heterocycles. The third-order valence-electron chi connectivity index (χ3n) is 2.45. The first-order valence-electron chi connectivity index (χ1n) is 5.78. The predicted octanol–water partition coefficient (Wildman–Crippen LogP) is 2.76. The summed E-state index contributed by atoms with van der Waals surface area (Å²) >= 11 is 0. The Labute approximate surface area is 92.4 Å². The summed E-state index contributed by atoms with van der Waals surface area (Å²) in [6.45, 7) is 3.74. The lowest BCUT2D eigenvalue weighted by Gasteiger charge is -2.06. The summed E-state index contributed by atoms with van der Waals surface area (Å²) in [5.41, 5.74) is 6.77. The highest BCUT2D eigenvalue weighted by atomic mass is 16.5. The van der Waals surface area contributed by atoms with E-state index in [9.17, 15) is 0 Å². The average Bonchev–Trinajstić information content (AvgIpc) is 2.30. The van der Waals surface area contributed by atoms with Gasteiger partial charge in [0, 0.05) is 0 Å². The third kappa shape index (κ3) is 4.84. The van der Waals surface area contributed by atoms with Gasteiger partial charge >= 0.3 is 0 Å². The number of ether oxygens (including phenoxy) is 1. The van der Waals surface area contributed by atoms with E-state index in [1.54, 1.807) is 0 Å². The molecular weight excluding hydrogens is 186 g/mol. The van der Waals surface area contributed by atoms with Gasteiger partial charge in [-0.1, -0.05) is 19.1 Å². The quantitative estimate of drug-likeness (QED) is 0.698. The highest BCUT2D eigenvalue weighted by molar-refractivity contribution is 5.27. The Morgan fingerprint density at radius 1 is 1.07 bits per heavy atom. The van der Waals surface area contributed by atoms with Crippen molar-refractivity contribution in [3.63, 3.8) is 0 Å². The van der Waals surface area contributed by atoms with Crippen LogP contribution in [0.3, 0.4) is 0 Å². The van der Waals surface area contributed by atoms with Gasteiger partial charge in [-0.25, -0.2) is 0 Å². The summed E-state index contributed by atoms with van der Waals surface area (Å²) in [6, 6.07) is 8.33. The van der Waals surface area contributed by atoms with Crippen molar-refractivity contribution in [1.29, 1.82) is 0 Å². The maximum Gasteiger partial charge on any atom is 0.119 e. The number of aryl methyl sites for hydroxylation is 1. The second-order valence-corrected chi connectivity index (χ2v) is 3.70. The lowest BCUT2D eigenvalue weighted by Crippen LogP contribution is -2.01. The van der Waals surface area contributed by atoms with Gasteiger partial charge in [-0.2, -0.15) is 0 Å². The zero-order chi connectivity index (χ0) is 10.9. The van der Waals surface area contributed by atoms with Gasteiger partial charge in [0.25, 0.3) is 0 Å². The van der Waals surface area contributed by atoms with Gasteiger partial charge < -0.3 is 10.5 Å². The van der Waals surface area contributed by atoms with Crippen LogP contribution in [0.2, 0.25) is 0 Å². The Bertz CT molecular complexity index is 256. The topological polar surface area (TPSA) is 35.2 Å². The van der Waals surface area contributed by atoms with Crippen LogP contribution in [0.15, 0.2) is 24.3 Å². The highest BCUT2D eigenvalue weighted by Gasteiger charge is 1.94. The monoisotopic (exact) mass is 207 g/mol. The fraction of sp³-hybridized carbons (Fsp3) is 0.538. The molecule has 2 N–H and O–H groups in total. The number of hydrogen-bond donors (Lipinski definition) is 1. The first-order chi connectivity index (χ1) is 7.36. The molecule has 15 heavy (non-hydrogen) atoms. The molecule has 1 aromatic rings. The zero-order valence-corrected chi connectivity index (χ0v) is 9.54. The molecule has 84 valence electrons. The largest absolute Gasteiger partial charge is 0.494 e. The van der Waals surface area contributed by atoms with E-state index in [2.05, 4.69) is 19.1 Å². The van der Waals surface area contributed by atoms with E-state index >= 15 is 0 Å². The number of unbranched alkanes of at least 4 members (excludes halogenated alkanes) is 2. The van der Waals surface area contributed by atoms with Crippen LogP contribution < -0.4 is 10.5 Å². The second kappa shape index (κ2) is 7.30. The second-order valence-electron chi connectivity index (χ2n) is 3.70. The molecule has 0 aliphatic rings. The fourth-order valence-corrected chi connectivity index (χ4v) is 1.43. The van der Waals surface area contributed by atoms with Gasteiger partial charge in [0.05, 0.1) is 6.61 Å². The van der Waals surface area contributed by atoms with E-state index in [0.717, 1.165) is 44.6 Å². The standard InChI is InChI=1S/C13H21NO/c1-2-12-6-8-13(9-7-12)15-11-5-3-4-10-14/h6-9H,2-5,10-11,14H2,1H3. The lowest BCUT2D eigenvalue weighted by atomic mass is 10.2. The minimum atomic E-state index is 0.783. The SMILES string of the molecule is CCc1ccc(OCCCCCN)cc1. The molecular formula is C13H21NO. The molecule has 1 aromatic carbocycles. The van der Waals surface area contributed by atoms with E-state index in [4.69, 9.17) is 10.5 Å². The number of hydrogen-bond acceptors (Lipinski definition) is 2. The Balaban J connectivity index is 2.20. The van der Waals surface area contributed by atoms with Crippen molar-refractivity contribution in [1.82, 2.24) is 0 Å². The molecule has 0 radical (unpaired) electrons. The van der Waals surface area contributed by atoms with Crippen LogP contribution in [-0.2, 0) is 6.42 Å². The molecule has 0 aliphatic heterocycles. The van der Waals surface area contributed by atoms with Crippen LogP contribution in [-0.4, -0.2) is 13.2 Å². The number of rotatable bonds is 7. The van der Waals surface area contributed by atoms with Gasteiger partial charge in [0.15, 0.2) is 0 Å². The molecule has 0 amide bonds. The molecule has 0 saturated carbocycles. The maximum atomic E-state index is 5.61. The van der Waals surface area contributed by atoms with Crippen molar-refractivity contribution in [3.05, 3.63) is 29.8 Å². The van der Waals surface area contributed by atoms with Crippen LogP contribution in [0, 0.1) is 0 Å². The molecule has 0 aliphatic carbocycles. The van der Waals surface area contributed by atoms with E-state index in [1.165, 1.54) is 5.56 Å². The summed E-state index contributed by atoms with van der Waals surface area (Å²) < 4.78 is 5.61. The Kier molecular flexibility index (Phi) is 5.86. The van der Waals surface area contributed by atoms with Crippen molar-refractivity contribution in [2.75, 3.05) is 13.2 Å². The van der Waals surface area contributed by atoms with Crippen LogP contribution in [0.4, 0.5) is 0 Å². The maximum absolute atomic E-state index is 5.61. The minimum Gasteiger partial charge on any atom is -0.494 e. The lowest BCUT2D eigenvalue weighted by molar-refractivity contribution is 0.305. The summed E-state index contributed by atoms with van der Waals surface area (Å²) in [4.78, 5) is 0. The Hall–Kier alpha value is -1.02. The van der Waals surface area contributed by atoms with Gasteiger partial charge in [0.1, 0.15) is 5.75 Å². The van der Waals surface area contributed by atoms with Crippen LogP contribution in [0.25, 0.3) is 0 Å². The molecule has 0 unspecified atom stereocenters. The first-order valence-corrected chi connectivity index (χ1v) is 5.78. The molecule has 0 atom stereocenters. The zero-order valence-electron chi connectivity index (χ0n) is 9.54. The van der Waals surface area contributed by atoms with Crippen molar-refractivity contribution in [2.45, 2.75) is 32.6 Å². The molecule has 0 heterocycles. The van der Waals surface area contributed by atoms with Crippen molar-refractivity contribution >= 4 is 0 Å². The molecule has 0 bridgehead atoms. The summed E-state index contributed by atoms with van der Waals surface area (Å²) in [5, 5.41) is 0. The van der Waals surface area contributed by atoms with E-state index in [1.807, 2.05) is 12.1 Å². The van der Waals surface area contributed by atoms with Crippen LogP contribution in [0.1, 0.15) is 31.7 Å². The normalized spacial score (nSPS) is 10.3. The first kappa shape index (κ1) is 12.1. The van der Waals surface area contributed by atoms with Crippen LogP contribution in [0.5, 0.6) is 5.75 Å². The average molecular weight is 207 g/mol. The van der Waals surface area contributed by atoms with E-state index in [0.29, 0.717) is 0 Å².